The topological polar surface area (TPSA) is 78.9 Å². The Morgan fingerprint density at radius 2 is 2.05 bits per heavy atom. The van der Waals surface area contributed by atoms with E-state index >= 15 is 0 Å². The van der Waals surface area contributed by atoms with Crippen LogP contribution in [-0.2, 0) is 9.53 Å². The van der Waals surface area contributed by atoms with Crippen LogP contribution in [0.4, 0.5) is 4.79 Å². The van der Waals surface area contributed by atoms with E-state index in [0.717, 1.165) is 26.1 Å². The van der Waals surface area contributed by atoms with Gasteiger partial charge >= 0.3 is 12.0 Å². The first-order valence-electron chi connectivity index (χ1n) is 7.79. The molecule has 2 heterocycles. The van der Waals surface area contributed by atoms with Gasteiger partial charge in [-0.1, -0.05) is 13.8 Å². The molecule has 0 aliphatic carbocycles. The minimum absolute atomic E-state index is 0.0169. The van der Waals surface area contributed by atoms with Crippen molar-refractivity contribution in [1.29, 1.82) is 0 Å². The van der Waals surface area contributed by atoms with Crippen LogP contribution >= 0.6 is 0 Å². The summed E-state index contributed by atoms with van der Waals surface area (Å²) >= 11 is 0. The fourth-order valence-corrected chi connectivity index (χ4v) is 3.19. The zero-order valence-corrected chi connectivity index (χ0v) is 12.9. The second-order valence-corrected chi connectivity index (χ2v) is 6.53. The van der Waals surface area contributed by atoms with E-state index in [1.54, 1.807) is 4.90 Å². The van der Waals surface area contributed by atoms with Crippen LogP contribution in [0.3, 0.4) is 0 Å². The first kappa shape index (κ1) is 16.1. The van der Waals surface area contributed by atoms with Crippen molar-refractivity contribution in [2.45, 2.75) is 33.1 Å². The van der Waals surface area contributed by atoms with Gasteiger partial charge in [-0.2, -0.15) is 0 Å². The van der Waals surface area contributed by atoms with Crippen molar-refractivity contribution in [3.8, 4) is 0 Å². The molecule has 120 valence electrons. The minimum Gasteiger partial charge on any atom is -0.481 e. The van der Waals surface area contributed by atoms with Gasteiger partial charge in [-0.15, -0.1) is 0 Å². The van der Waals surface area contributed by atoms with Crippen LogP contribution in [0.15, 0.2) is 0 Å². The molecule has 0 saturated carbocycles. The van der Waals surface area contributed by atoms with E-state index in [1.807, 2.05) is 13.8 Å². The number of carbonyl (C=O) groups is 2. The lowest BCUT2D eigenvalue weighted by atomic mass is 9.76. The van der Waals surface area contributed by atoms with Crippen molar-refractivity contribution >= 4 is 12.0 Å². The molecule has 2 aliphatic heterocycles. The van der Waals surface area contributed by atoms with E-state index in [-0.39, 0.29) is 11.9 Å². The summed E-state index contributed by atoms with van der Waals surface area (Å²) in [5, 5.41) is 12.4. The molecule has 2 amide bonds. The first-order chi connectivity index (χ1) is 9.95. The van der Waals surface area contributed by atoms with Crippen LogP contribution in [0.2, 0.25) is 0 Å². The molecular weight excluding hydrogens is 272 g/mol. The number of likely N-dealkylation sites (tertiary alicyclic amines) is 1. The molecule has 0 aromatic heterocycles. The van der Waals surface area contributed by atoms with Gasteiger partial charge in [0.25, 0.3) is 0 Å². The molecule has 2 fully saturated rings. The van der Waals surface area contributed by atoms with E-state index in [1.165, 1.54) is 0 Å². The van der Waals surface area contributed by atoms with E-state index in [2.05, 4.69) is 5.32 Å². The molecule has 1 unspecified atom stereocenters. The van der Waals surface area contributed by atoms with Gasteiger partial charge in [0.2, 0.25) is 0 Å². The van der Waals surface area contributed by atoms with Gasteiger partial charge in [0, 0.05) is 32.8 Å². The summed E-state index contributed by atoms with van der Waals surface area (Å²) in [6.07, 6.45) is 2.49. The van der Waals surface area contributed by atoms with E-state index in [9.17, 15) is 14.7 Å². The Morgan fingerprint density at radius 3 is 2.57 bits per heavy atom. The fraction of sp³-hybridized carbons (Fsp3) is 0.867. The van der Waals surface area contributed by atoms with E-state index < -0.39 is 11.4 Å². The van der Waals surface area contributed by atoms with Crippen molar-refractivity contribution in [1.82, 2.24) is 10.2 Å². The van der Waals surface area contributed by atoms with Gasteiger partial charge in [-0.25, -0.2) is 4.79 Å². The Morgan fingerprint density at radius 1 is 1.38 bits per heavy atom. The maximum Gasteiger partial charge on any atom is 0.317 e. The number of aliphatic carboxylic acids is 1. The Kier molecular flexibility index (Phi) is 5.08. The highest BCUT2D eigenvalue weighted by atomic mass is 16.5. The summed E-state index contributed by atoms with van der Waals surface area (Å²) < 4.78 is 5.30. The number of nitrogens with zero attached hydrogens (tertiary/aromatic N) is 1. The van der Waals surface area contributed by atoms with Crippen LogP contribution in [-0.4, -0.2) is 54.9 Å². The molecule has 0 aromatic rings. The highest BCUT2D eigenvalue weighted by Crippen LogP contribution is 2.38. The smallest absolute Gasteiger partial charge is 0.317 e. The first-order valence-corrected chi connectivity index (χ1v) is 7.79. The molecule has 6 nitrogen and oxygen atoms in total. The molecule has 0 aromatic carbocycles. The van der Waals surface area contributed by atoms with E-state index in [0.29, 0.717) is 32.0 Å². The Labute approximate surface area is 125 Å². The van der Waals surface area contributed by atoms with Crippen LogP contribution in [0.1, 0.15) is 33.1 Å². The van der Waals surface area contributed by atoms with Crippen molar-refractivity contribution in [2.75, 3.05) is 32.8 Å². The molecule has 2 saturated heterocycles. The molecule has 0 spiro atoms. The molecule has 2 rings (SSSR count). The molecule has 6 heteroatoms. The van der Waals surface area contributed by atoms with Crippen LogP contribution in [0.25, 0.3) is 0 Å². The number of carbonyl (C=O) groups excluding carboxylic acids is 1. The number of carboxylic acid groups (broad SMARTS) is 1. The number of amides is 2. The number of hydrogen-bond donors (Lipinski definition) is 2. The van der Waals surface area contributed by atoms with Gasteiger partial charge < -0.3 is 20.1 Å². The molecule has 2 aliphatic rings. The third kappa shape index (κ3) is 3.48. The summed E-state index contributed by atoms with van der Waals surface area (Å²) in [4.78, 5) is 25.4. The number of carboxylic acids is 1. The summed E-state index contributed by atoms with van der Waals surface area (Å²) in [7, 11) is 0. The number of ether oxygens (including phenoxy) is 1. The number of nitrogens with one attached hydrogen (secondary N) is 1. The lowest BCUT2D eigenvalue weighted by Crippen LogP contribution is -2.45. The van der Waals surface area contributed by atoms with Gasteiger partial charge in [0.05, 0.1) is 5.41 Å². The fourth-order valence-electron chi connectivity index (χ4n) is 3.19. The largest absolute Gasteiger partial charge is 0.481 e. The summed E-state index contributed by atoms with van der Waals surface area (Å²) in [5.41, 5.74) is -0.796. The predicted octanol–water partition coefficient (Wildman–Crippen LogP) is 1.56. The zero-order chi connectivity index (χ0) is 15.5. The average molecular weight is 298 g/mol. The normalized spacial score (nSPS) is 27.1. The third-order valence-electron chi connectivity index (χ3n) is 5.00. The Bertz CT molecular complexity index is 393. The molecule has 1 atom stereocenters. The summed E-state index contributed by atoms with van der Waals surface area (Å²) in [5.74, 6) is -0.305. The zero-order valence-electron chi connectivity index (χ0n) is 12.9. The van der Waals surface area contributed by atoms with Gasteiger partial charge in [-0.3, -0.25) is 4.79 Å². The molecule has 0 bridgehead atoms. The van der Waals surface area contributed by atoms with Crippen molar-refractivity contribution in [3.63, 3.8) is 0 Å². The van der Waals surface area contributed by atoms with Crippen LogP contribution in [0.5, 0.6) is 0 Å². The van der Waals surface area contributed by atoms with Gasteiger partial charge in [0.15, 0.2) is 0 Å². The second-order valence-electron chi connectivity index (χ2n) is 6.53. The maximum absolute atomic E-state index is 12.2. The highest BCUT2D eigenvalue weighted by molar-refractivity contribution is 5.80. The summed E-state index contributed by atoms with van der Waals surface area (Å²) in [6.45, 7) is 6.83. The van der Waals surface area contributed by atoms with E-state index in [4.69, 9.17) is 4.74 Å². The van der Waals surface area contributed by atoms with Gasteiger partial charge in [0.1, 0.15) is 0 Å². The average Bonchev–Trinajstić information content (AvgIpc) is 2.92. The number of hydrogen-bond acceptors (Lipinski definition) is 3. The minimum atomic E-state index is -0.796. The van der Waals surface area contributed by atoms with Crippen molar-refractivity contribution in [3.05, 3.63) is 0 Å². The monoisotopic (exact) mass is 298 g/mol. The third-order valence-corrected chi connectivity index (χ3v) is 5.00. The number of rotatable bonds is 4. The Hall–Kier alpha value is -1.30. The SMILES string of the molecule is CC(C)C1(C(=O)O)CCN(C(=O)NCC2CCOCC2)C1. The molecular formula is C15H26N2O4. The lowest BCUT2D eigenvalue weighted by Gasteiger charge is -2.29. The maximum atomic E-state index is 12.2. The van der Waals surface area contributed by atoms with Crippen LogP contribution in [0, 0.1) is 17.3 Å². The Balaban J connectivity index is 1.85. The summed E-state index contributed by atoms with van der Waals surface area (Å²) in [6, 6.07) is -0.134. The van der Waals surface area contributed by atoms with Crippen LogP contribution < -0.4 is 5.32 Å². The molecule has 2 N–H and O–H groups in total. The standard InChI is InChI=1S/C15H26N2O4/c1-11(2)15(13(18)19)5-6-17(10-15)14(20)16-9-12-3-7-21-8-4-12/h11-12H,3-10H2,1-2H3,(H,16,20)(H,18,19). The lowest BCUT2D eigenvalue weighted by molar-refractivity contribution is -0.150. The second kappa shape index (κ2) is 6.64. The van der Waals surface area contributed by atoms with Crippen molar-refractivity contribution < 1.29 is 19.4 Å². The predicted molar refractivity (Wildman–Crippen MR) is 78.0 cm³/mol. The molecule has 0 radical (unpaired) electrons. The number of urea groups is 1. The molecule has 21 heavy (non-hydrogen) atoms. The van der Waals surface area contributed by atoms with Gasteiger partial charge in [-0.05, 0) is 31.1 Å². The quantitative estimate of drug-likeness (QED) is 0.825. The van der Waals surface area contributed by atoms with Crippen molar-refractivity contribution in [2.24, 2.45) is 17.3 Å². The highest BCUT2D eigenvalue weighted by Gasteiger charge is 2.48.